The first-order chi connectivity index (χ1) is 15.5. The molecule has 0 atom stereocenters. The number of rotatable bonds is 5. The number of hydrogen-bond donors (Lipinski definition) is 1. The van der Waals surface area contributed by atoms with Gasteiger partial charge in [-0.2, -0.15) is 0 Å². The van der Waals surface area contributed by atoms with Crippen molar-refractivity contribution >= 4 is 28.5 Å². The second-order valence-corrected chi connectivity index (χ2v) is 7.20. The molecule has 0 fully saturated rings. The number of imidazole rings is 1. The molecule has 0 unspecified atom stereocenters. The van der Waals surface area contributed by atoms with Gasteiger partial charge in [0.25, 0.3) is 11.6 Å². The Morgan fingerprint density at radius 2 is 1.94 bits per heavy atom. The highest BCUT2D eigenvalue weighted by atomic mass is 16.5. The molecule has 0 saturated carbocycles. The number of benzene rings is 1. The van der Waals surface area contributed by atoms with Gasteiger partial charge in [-0.25, -0.2) is 9.97 Å². The summed E-state index contributed by atoms with van der Waals surface area (Å²) in [4.78, 5) is 34.2. The molecule has 0 aliphatic rings. The zero-order chi connectivity index (χ0) is 22.2. The van der Waals surface area contributed by atoms with E-state index in [9.17, 15) is 9.59 Å². The number of aryl methyl sites for hydroxylation is 2. The Labute approximate surface area is 181 Å². The summed E-state index contributed by atoms with van der Waals surface area (Å²) in [6.45, 7) is 1.74. The van der Waals surface area contributed by atoms with Crippen LogP contribution >= 0.6 is 0 Å². The van der Waals surface area contributed by atoms with Gasteiger partial charge in [-0.15, -0.1) is 0 Å². The summed E-state index contributed by atoms with van der Waals surface area (Å²) in [6, 6.07) is 11.7. The maximum Gasteiger partial charge on any atom is 0.259 e. The lowest BCUT2D eigenvalue weighted by atomic mass is 10.1. The lowest BCUT2D eigenvalue weighted by Crippen LogP contribution is -2.13. The molecule has 4 aromatic heterocycles. The number of amides is 1. The van der Waals surface area contributed by atoms with Crippen molar-refractivity contribution in [1.82, 2.24) is 19.7 Å². The Morgan fingerprint density at radius 3 is 2.62 bits per heavy atom. The molecule has 5 aromatic rings. The van der Waals surface area contributed by atoms with Gasteiger partial charge < -0.3 is 18.8 Å². The fraction of sp³-hybridized carbons (Fsp3) is 0.0870. The van der Waals surface area contributed by atoms with Crippen molar-refractivity contribution in [3.63, 3.8) is 0 Å². The third kappa shape index (κ3) is 3.35. The topological polar surface area (TPSA) is 116 Å². The van der Waals surface area contributed by atoms with Crippen LogP contribution in [0, 0.1) is 6.92 Å². The number of furan rings is 1. The number of hydrogen-bond acceptors (Lipinski definition) is 7. The first-order valence-electron chi connectivity index (χ1n) is 9.75. The molecule has 158 valence electrons. The predicted molar refractivity (Wildman–Crippen MR) is 115 cm³/mol. The molecule has 5 rings (SSSR count). The number of pyridine rings is 1. The van der Waals surface area contributed by atoms with E-state index in [-0.39, 0.29) is 17.4 Å². The summed E-state index contributed by atoms with van der Waals surface area (Å²) in [5.41, 5.74) is 2.62. The average molecular weight is 427 g/mol. The summed E-state index contributed by atoms with van der Waals surface area (Å²) in [7, 11) is 1.76. The van der Waals surface area contributed by atoms with E-state index in [1.807, 2.05) is 0 Å². The SMILES string of the molecule is Cc1noc2nc(-c3ccco3)cc(C(=O)Nc3ccc(C(=O)c4nccn4C)cc3)c12. The number of carbonyl (C=O) groups excluding carboxylic acids is 2. The molecule has 0 spiro atoms. The van der Waals surface area contributed by atoms with E-state index in [0.717, 1.165) is 0 Å². The van der Waals surface area contributed by atoms with Gasteiger partial charge in [-0.05, 0) is 49.4 Å². The molecule has 9 heteroatoms. The molecule has 1 N–H and O–H groups in total. The smallest absolute Gasteiger partial charge is 0.259 e. The molecule has 0 radical (unpaired) electrons. The molecule has 0 bridgehead atoms. The van der Waals surface area contributed by atoms with E-state index in [1.165, 1.54) is 6.26 Å². The van der Waals surface area contributed by atoms with Crippen LogP contribution < -0.4 is 5.32 Å². The van der Waals surface area contributed by atoms with Crippen molar-refractivity contribution < 1.29 is 18.5 Å². The minimum Gasteiger partial charge on any atom is -0.463 e. The van der Waals surface area contributed by atoms with Gasteiger partial charge >= 0.3 is 0 Å². The molecular formula is C23H17N5O4. The number of fused-ring (bicyclic) bond motifs is 1. The minimum atomic E-state index is -0.361. The maximum absolute atomic E-state index is 13.1. The van der Waals surface area contributed by atoms with Crippen molar-refractivity contribution in [3.8, 4) is 11.5 Å². The second-order valence-electron chi connectivity index (χ2n) is 7.20. The van der Waals surface area contributed by atoms with Gasteiger partial charge in [0, 0.05) is 30.7 Å². The van der Waals surface area contributed by atoms with Crippen LogP contribution in [-0.2, 0) is 7.05 Å². The Kier molecular flexibility index (Phi) is 4.63. The van der Waals surface area contributed by atoms with Gasteiger partial charge in [0.15, 0.2) is 11.6 Å². The normalized spacial score (nSPS) is 11.1. The van der Waals surface area contributed by atoms with Crippen LogP contribution in [0.25, 0.3) is 22.6 Å². The second kappa shape index (κ2) is 7.62. The van der Waals surface area contributed by atoms with Crippen LogP contribution in [0.2, 0.25) is 0 Å². The van der Waals surface area contributed by atoms with Crippen LogP contribution in [0.5, 0.6) is 0 Å². The highest BCUT2D eigenvalue weighted by Gasteiger charge is 2.21. The maximum atomic E-state index is 13.1. The highest BCUT2D eigenvalue weighted by molar-refractivity contribution is 6.13. The van der Waals surface area contributed by atoms with Gasteiger partial charge in [-0.1, -0.05) is 5.16 Å². The largest absolute Gasteiger partial charge is 0.463 e. The van der Waals surface area contributed by atoms with Gasteiger partial charge in [-0.3, -0.25) is 9.59 Å². The Bertz CT molecular complexity index is 1450. The first-order valence-corrected chi connectivity index (χ1v) is 9.75. The molecule has 32 heavy (non-hydrogen) atoms. The summed E-state index contributed by atoms with van der Waals surface area (Å²) in [5, 5.41) is 7.32. The van der Waals surface area contributed by atoms with Gasteiger partial charge in [0.2, 0.25) is 5.78 Å². The Balaban J connectivity index is 1.44. The monoisotopic (exact) mass is 427 g/mol. The van der Waals surface area contributed by atoms with Crippen molar-refractivity contribution in [2.75, 3.05) is 5.32 Å². The molecule has 4 heterocycles. The lowest BCUT2D eigenvalue weighted by molar-refractivity contribution is 0.102. The third-order valence-corrected chi connectivity index (χ3v) is 5.06. The quantitative estimate of drug-likeness (QED) is 0.421. The van der Waals surface area contributed by atoms with Crippen molar-refractivity contribution in [3.05, 3.63) is 83.8 Å². The number of anilines is 1. The van der Waals surface area contributed by atoms with Crippen LogP contribution in [-0.4, -0.2) is 31.4 Å². The van der Waals surface area contributed by atoms with E-state index in [2.05, 4.69) is 20.4 Å². The molecule has 0 aliphatic carbocycles. The first kappa shape index (κ1) is 19.4. The van der Waals surface area contributed by atoms with Gasteiger partial charge in [0.1, 0.15) is 5.69 Å². The van der Waals surface area contributed by atoms with E-state index in [4.69, 9.17) is 8.94 Å². The molecular weight excluding hydrogens is 410 g/mol. The third-order valence-electron chi connectivity index (χ3n) is 5.06. The minimum absolute atomic E-state index is 0.200. The average Bonchev–Trinajstić information content (AvgIpc) is 3.55. The molecule has 1 amide bonds. The van der Waals surface area contributed by atoms with Crippen LogP contribution in [0.1, 0.15) is 32.2 Å². The predicted octanol–water partition coefficient (Wildman–Crippen LogP) is 4.01. The summed E-state index contributed by atoms with van der Waals surface area (Å²) in [6.07, 6.45) is 4.81. The summed E-state index contributed by atoms with van der Waals surface area (Å²) >= 11 is 0. The van der Waals surface area contributed by atoms with E-state index >= 15 is 0 Å². The standard InChI is InChI=1S/C23H17N5O4/c1-13-19-16(12-17(18-4-3-11-31-18)26-23(19)32-27-13)22(30)25-15-7-5-14(6-8-15)20(29)21-24-9-10-28(21)2/h3-12H,1-2H3,(H,25,30). The fourth-order valence-electron chi connectivity index (χ4n) is 3.44. The van der Waals surface area contributed by atoms with Crippen LogP contribution in [0.4, 0.5) is 5.69 Å². The zero-order valence-corrected chi connectivity index (χ0v) is 17.2. The molecule has 9 nitrogen and oxygen atoms in total. The van der Waals surface area contributed by atoms with Crippen LogP contribution in [0.3, 0.4) is 0 Å². The summed E-state index contributed by atoms with van der Waals surface area (Å²) in [5.74, 6) is 0.288. The van der Waals surface area contributed by atoms with Crippen molar-refractivity contribution in [2.45, 2.75) is 6.92 Å². The Morgan fingerprint density at radius 1 is 1.12 bits per heavy atom. The van der Waals surface area contributed by atoms with E-state index < -0.39 is 0 Å². The number of nitrogens with one attached hydrogen (secondary N) is 1. The number of nitrogens with zero attached hydrogens (tertiary/aromatic N) is 4. The van der Waals surface area contributed by atoms with Crippen molar-refractivity contribution in [1.29, 1.82) is 0 Å². The number of ketones is 1. The molecule has 0 saturated heterocycles. The molecule has 0 aliphatic heterocycles. The van der Waals surface area contributed by atoms with E-state index in [1.54, 1.807) is 73.4 Å². The lowest BCUT2D eigenvalue weighted by Gasteiger charge is -2.08. The number of aromatic nitrogens is 4. The Hall–Kier alpha value is -4.53. The fourth-order valence-corrected chi connectivity index (χ4v) is 3.44. The van der Waals surface area contributed by atoms with Gasteiger partial charge in [0.05, 0.1) is 22.9 Å². The van der Waals surface area contributed by atoms with Crippen LogP contribution in [0.15, 0.2) is 70.1 Å². The molecule has 1 aromatic carbocycles. The zero-order valence-electron chi connectivity index (χ0n) is 17.2. The summed E-state index contributed by atoms with van der Waals surface area (Å²) < 4.78 is 12.4. The number of carbonyl (C=O) groups is 2. The van der Waals surface area contributed by atoms with E-state index in [0.29, 0.717) is 45.2 Å². The highest BCUT2D eigenvalue weighted by Crippen LogP contribution is 2.28. The van der Waals surface area contributed by atoms with Crippen molar-refractivity contribution in [2.24, 2.45) is 7.05 Å².